The molecule has 0 fully saturated rings. The van der Waals surface area contributed by atoms with Gasteiger partial charge >= 0.3 is 0 Å². The van der Waals surface area contributed by atoms with Crippen LogP contribution >= 0.6 is 34.5 Å². The van der Waals surface area contributed by atoms with Crippen molar-refractivity contribution in [1.82, 2.24) is 10.3 Å². The van der Waals surface area contributed by atoms with Gasteiger partial charge in [-0.15, -0.1) is 11.3 Å². The van der Waals surface area contributed by atoms with E-state index in [1.54, 1.807) is 17.4 Å². The highest BCUT2D eigenvalue weighted by Gasteiger charge is 2.18. The average Bonchev–Trinajstić information content (AvgIpc) is 2.76. The molecule has 18 heavy (non-hydrogen) atoms. The highest BCUT2D eigenvalue weighted by atomic mass is 35.5. The number of rotatable bonds is 4. The Bertz CT molecular complexity index is 540. The maximum atomic E-state index is 6.26. The molecule has 0 aliphatic heterocycles. The van der Waals surface area contributed by atoms with E-state index < -0.39 is 0 Å². The number of benzene rings is 1. The summed E-state index contributed by atoms with van der Waals surface area (Å²) >= 11 is 13.9. The van der Waals surface area contributed by atoms with E-state index in [2.05, 4.69) is 22.6 Å². The van der Waals surface area contributed by atoms with Crippen LogP contribution in [0, 0.1) is 6.92 Å². The van der Waals surface area contributed by atoms with Gasteiger partial charge in [0.15, 0.2) is 0 Å². The lowest BCUT2D eigenvalue weighted by Gasteiger charge is -2.18. The predicted octanol–water partition coefficient (Wildman–Crippen LogP) is 4.46. The first-order chi connectivity index (χ1) is 8.61. The zero-order valence-electron chi connectivity index (χ0n) is 10.2. The van der Waals surface area contributed by atoms with E-state index in [1.807, 2.05) is 19.1 Å². The zero-order valence-corrected chi connectivity index (χ0v) is 12.5. The van der Waals surface area contributed by atoms with Gasteiger partial charge in [-0.1, -0.05) is 30.1 Å². The summed E-state index contributed by atoms with van der Waals surface area (Å²) in [5, 5.41) is 7.89. The molecule has 96 valence electrons. The minimum atomic E-state index is -0.00819. The quantitative estimate of drug-likeness (QED) is 0.902. The first kappa shape index (κ1) is 13.8. The van der Waals surface area contributed by atoms with Crippen LogP contribution in [0.3, 0.4) is 0 Å². The fourth-order valence-corrected chi connectivity index (χ4v) is 2.87. The van der Waals surface area contributed by atoms with Crippen molar-refractivity contribution in [2.24, 2.45) is 0 Å². The normalized spacial score (nSPS) is 12.7. The molecule has 2 nitrogen and oxygen atoms in total. The third kappa shape index (κ3) is 3.04. The summed E-state index contributed by atoms with van der Waals surface area (Å²) in [6.07, 6.45) is 0. The highest BCUT2D eigenvalue weighted by molar-refractivity contribution is 7.09. The van der Waals surface area contributed by atoms with Gasteiger partial charge in [0.2, 0.25) is 0 Å². The van der Waals surface area contributed by atoms with Gasteiger partial charge in [-0.25, -0.2) is 4.98 Å². The number of nitrogens with one attached hydrogen (secondary N) is 1. The SMILES string of the molecule is CCNC(c1csc(C)n1)c1cc(Cl)ccc1Cl. The second-order valence-corrected chi connectivity index (χ2v) is 5.85. The van der Waals surface area contributed by atoms with E-state index in [4.69, 9.17) is 23.2 Å². The van der Waals surface area contributed by atoms with Crippen LogP contribution in [0.1, 0.15) is 29.2 Å². The molecule has 0 aliphatic carbocycles. The molecule has 0 amide bonds. The number of thiazole rings is 1. The fraction of sp³-hybridized carbons (Fsp3) is 0.308. The number of aromatic nitrogens is 1. The standard InChI is InChI=1S/C13H14Cl2N2S/c1-3-16-13(12-7-18-8(2)17-12)10-6-9(14)4-5-11(10)15/h4-7,13,16H,3H2,1-2H3. The van der Waals surface area contributed by atoms with E-state index in [-0.39, 0.29) is 6.04 Å². The number of aryl methyl sites for hydroxylation is 1. The Morgan fingerprint density at radius 1 is 1.39 bits per heavy atom. The van der Waals surface area contributed by atoms with Gasteiger partial charge in [-0.2, -0.15) is 0 Å². The Balaban J connectivity index is 2.44. The summed E-state index contributed by atoms with van der Waals surface area (Å²) in [4.78, 5) is 4.53. The third-order valence-corrected chi connectivity index (χ3v) is 3.98. The molecule has 0 aliphatic rings. The van der Waals surface area contributed by atoms with Crippen molar-refractivity contribution in [2.75, 3.05) is 6.54 Å². The van der Waals surface area contributed by atoms with E-state index in [1.165, 1.54) is 0 Å². The van der Waals surface area contributed by atoms with E-state index in [0.717, 1.165) is 22.8 Å². The van der Waals surface area contributed by atoms with Crippen molar-refractivity contribution in [1.29, 1.82) is 0 Å². The lowest BCUT2D eigenvalue weighted by atomic mass is 10.0. The molecular weight excluding hydrogens is 287 g/mol. The van der Waals surface area contributed by atoms with Crippen LogP contribution in [0.2, 0.25) is 10.0 Å². The molecule has 1 unspecified atom stereocenters. The Morgan fingerprint density at radius 2 is 2.17 bits per heavy atom. The van der Waals surface area contributed by atoms with Crippen LogP contribution in [0.25, 0.3) is 0 Å². The summed E-state index contributed by atoms with van der Waals surface area (Å²) in [6, 6.07) is 5.50. The maximum absolute atomic E-state index is 6.26. The Morgan fingerprint density at radius 3 is 2.78 bits per heavy atom. The molecule has 1 aromatic carbocycles. The molecule has 0 radical (unpaired) electrons. The highest BCUT2D eigenvalue weighted by Crippen LogP contribution is 2.31. The Hall–Kier alpha value is -0.610. The third-order valence-electron chi connectivity index (χ3n) is 2.61. The molecule has 2 rings (SSSR count). The fourth-order valence-electron chi connectivity index (χ4n) is 1.83. The van der Waals surface area contributed by atoms with Gasteiger partial charge in [-0.05, 0) is 37.2 Å². The predicted molar refractivity (Wildman–Crippen MR) is 78.8 cm³/mol. The first-order valence-electron chi connectivity index (χ1n) is 5.72. The van der Waals surface area contributed by atoms with Crippen LogP contribution in [-0.4, -0.2) is 11.5 Å². The van der Waals surface area contributed by atoms with Gasteiger partial charge in [0.1, 0.15) is 0 Å². The number of hydrogen-bond acceptors (Lipinski definition) is 3. The van der Waals surface area contributed by atoms with Crippen molar-refractivity contribution in [2.45, 2.75) is 19.9 Å². The second-order valence-electron chi connectivity index (χ2n) is 3.95. The molecule has 0 bridgehead atoms. The molecule has 0 saturated heterocycles. The van der Waals surface area contributed by atoms with Crippen molar-refractivity contribution >= 4 is 34.5 Å². The number of halogens is 2. The van der Waals surface area contributed by atoms with E-state index >= 15 is 0 Å². The monoisotopic (exact) mass is 300 g/mol. The van der Waals surface area contributed by atoms with Gasteiger partial charge in [-0.3, -0.25) is 0 Å². The van der Waals surface area contributed by atoms with Crippen molar-refractivity contribution in [3.63, 3.8) is 0 Å². The zero-order chi connectivity index (χ0) is 13.1. The molecule has 1 heterocycles. The average molecular weight is 301 g/mol. The summed E-state index contributed by atoms with van der Waals surface area (Å²) in [5.41, 5.74) is 1.96. The van der Waals surface area contributed by atoms with Gasteiger partial charge in [0.05, 0.1) is 16.7 Å². The van der Waals surface area contributed by atoms with Crippen molar-refractivity contribution in [3.05, 3.63) is 49.9 Å². The smallest absolute Gasteiger partial charge is 0.0898 e. The van der Waals surface area contributed by atoms with E-state index in [0.29, 0.717) is 10.0 Å². The van der Waals surface area contributed by atoms with Crippen molar-refractivity contribution in [3.8, 4) is 0 Å². The molecule has 1 aromatic heterocycles. The minimum Gasteiger partial charge on any atom is -0.305 e. The van der Waals surface area contributed by atoms with Gasteiger partial charge < -0.3 is 5.32 Å². The lowest BCUT2D eigenvalue weighted by molar-refractivity contribution is 0.618. The van der Waals surface area contributed by atoms with Crippen LogP contribution < -0.4 is 5.32 Å². The van der Waals surface area contributed by atoms with Gasteiger partial charge in [0, 0.05) is 15.4 Å². The number of nitrogens with zero attached hydrogens (tertiary/aromatic N) is 1. The molecular formula is C13H14Cl2N2S. The summed E-state index contributed by atoms with van der Waals surface area (Å²) in [6.45, 7) is 4.89. The summed E-state index contributed by atoms with van der Waals surface area (Å²) in [5.74, 6) is 0. The number of hydrogen-bond donors (Lipinski definition) is 1. The van der Waals surface area contributed by atoms with E-state index in [9.17, 15) is 0 Å². The second kappa shape index (κ2) is 6.02. The molecule has 1 N–H and O–H groups in total. The Kier molecular flexibility index (Phi) is 4.62. The minimum absolute atomic E-state index is 0.00819. The topological polar surface area (TPSA) is 24.9 Å². The van der Waals surface area contributed by atoms with Gasteiger partial charge in [0.25, 0.3) is 0 Å². The van der Waals surface area contributed by atoms with Crippen LogP contribution in [0.15, 0.2) is 23.6 Å². The molecule has 2 aromatic rings. The molecule has 0 spiro atoms. The molecule has 5 heteroatoms. The summed E-state index contributed by atoms with van der Waals surface area (Å²) < 4.78 is 0. The largest absolute Gasteiger partial charge is 0.305 e. The summed E-state index contributed by atoms with van der Waals surface area (Å²) in [7, 11) is 0. The van der Waals surface area contributed by atoms with Crippen LogP contribution in [-0.2, 0) is 0 Å². The van der Waals surface area contributed by atoms with Crippen molar-refractivity contribution < 1.29 is 0 Å². The maximum Gasteiger partial charge on any atom is 0.0898 e. The molecule has 0 saturated carbocycles. The van der Waals surface area contributed by atoms with Crippen LogP contribution in [0.4, 0.5) is 0 Å². The molecule has 1 atom stereocenters. The van der Waals surface area contributed by atoms with Crippen LogP contribution in [0.5, 0.6) is 0 Å². The Labute approximate surface area is 121 Å². The first-order valence-corrected chi connectivity index (χ1v) is 7.35. The lowest BCUT2D eigenvalue weighted by Crippen LogP contribution is -2.22.